The van der Waals surface area contributed by atoms with Crippen LogP contribution in [0.4, 0.5) is 11.4 Å². The molecule has 2 fully saturated rings. The smallest absolute Gasteiger partial charge is 0.293 e. The van der Waals surface area contributed by atoms with Crippen LogP contribution in [0.3, 0.4) is 0 Å². The predicted octanol–water partition coefficient (Wildman–Crippen LogP) is 3.09. The minimum atomic E-state index is -0.450. The van der Waals surface area contributed by atoms with E-state index in [-0.39, 0.29) is 29.2 Å². The number of nitro groups is 1. The van der Waals surface area contributed by atoms with Crippen molar-refractivity contribution in [2.75, 3.05) is 51.3 Å². The van der Waals surface area contributed by atoms with Gasteiger partial charge in [0.25, 0.3) is 11.6 Å². The van der Waals surface area contributed by atoms with Crippen molar-refractivity contribution in [3.8, 4) is 5.75 Å². The maximum absolute atomic E-state index is 13.7. The van der Waals surface area contributed by atoms with E-state index in [1.165, 1.54) is 13.0 Å². The number of amides is 2. The number of para-hydroxylation sites is 1. The molecule has 2 aliphatic rings. The number of methoxy groups -OCH3 is 1. The van der Waals surface area contributed by atoms with Gasteiger partial charge in [0.2, 0.25) is 5.91 Å². The average Bonchev–Trinajstić information content (AvgIpc) is 3.41. The number of rotatable bonds is 8. The number of nitro benzene ring substituents is 1. The molecule has 2 aromatic rings. The molecule has 2 aliphatic heterocycles. The number of hydrogen-bond acceptors (Lipinski definition) is 7. The van der Waals surface area contributed by atoms with Crippen molar-refractivity contribution in [1.29, 1.82) is 0 Å². The van der Waals surface area contributed by atoms with E-state index in [0.717, 1.165) is 18.4 Å². The first-order chi connectivity index (χ1) is 17.4. The van der Waals surface area contributed by atoms with Crippen LogP contribution in [-0.2, 0) is 16.1 Å². The maximum Gasteiger partial charge on any atom is 0.293 e. The summed E-state index contributed by atoms with van der Waals surface area (Å²) in [7, 11) is 1.59. The highest BCUT2D eigenvalue weighted by Gasteiger charge is 2.29. The summed E-state index contributed by atoms with van der Waals surface area (Å²) in [6, 6.07) is 12.1. The van der Waals surface area contributed by atoms with Gasteiger partial charge >= 0.3 is 0 Å². The Balaban J connectivity index is 1.59. The monoisotopic (exact) mass is 496 g/mol. The van der Waals surface area contributed by atoms with Crippen LogP contribution in [-0.4, -0.2) is 79.1 Å². The SMILES string of the molecule is COc1ccccc1CN(CC1CCCO1)C(=O)c1ccc(N2CCN(C(C)=O)CC2)c([N+](=O)[O-])c1. The third-order valence-corrected chi connectivity index (χ3v) is 6.77. The summed E-state index contributed by atoms with van der Waals surface area (Å²) in [5, 5.41) is 12.0. The molecule has 36 heavy (non-hydrogen) atoms. The van der Waals surface area contributed by atoms with Gasteiger partial charge in [0, 0.05) is 70.0 Å². The lowest BCUT2D eigenvalue weighted by Gasteiger charge is -2.35. The lowest BCUT2D eigenvalue weighted by atomic mass is 10.1. The van der Waals surface area contributed by atoms with Gasteiger partial charge in [-0.2, -0.15) is 0 Å². The Kier molecular flexibility index (Phi) is 8.04. The Morgan fingerprint density at radius 2 is 1.92 bits per heavy atom. The van der Waals surface area contributed by atoms with Gasteiger partial charge in [-0.25, -0.2) is 0 Å². The van der Waals surface area contributed by atoms with Crippen LogP contribution >= 0.6 is 0 Å². The van der Waals surface area contributed by atoms with E-state index in [1.54, 1.807) is 29.0 Å². The van der Waals surface area contributed by atoms with Crippen LogP contribution in [0.1, 0.15) is 35.7 Å². The van der Waals surface area contributed by atoms with Gasteiger partial charge in [-0.15, -0.1) is 0 Å². The van der Waals surface area contributed by atoms with Crippen molar-refractivity contribution in [2.24, 2.45) is 0 Å². The Hall–Kier alpha value is -3.66. The van der Waals surface area contributed by atoms with Gasteiger partial charge in [0.1, 0.15) is 11.4 Å². The van der Waals surface area contributed by atoms with Crippen molar-refractivity contribution in [1.82, 2.24) is 9.80 Å². The third-order valence-electron chi connectivity index (χ3n) is 6.77. The standard InChI is InChI=1S/C26H32N4O6/c1-19(31)27-11-13-28(14-12-27)23-10-9-20(16-24(23)30(33)34)26(32)29(18-22-7-5-15-36-22)17-21-6-3-4-8-25(21)35-2/h3-4,6,8-10,16,22H,5,7,11-15,17-18H2,1-2H3. The third kappa shape index (κ3) is 5.76. The highest BCUT2D eigenvalue weighted by atomic mass is 16.6. The molecule has 192 valence electrons. The zero-order valence-corrected chi connectivity index (χ0v) is 20.7. The summed E-state index contributed by atoms with van der Waals surface area (Å²) in [4.78, 5) is 42.1. The number of piperazine rings is 1. The first-order valence-electron chi connectivity index (χ1n) is 12.2. The van der Waals surface area contributed by atoms with E-state index >= 15 is 0 Å². The fraction of sp³-hybridized carbons (Fsp3) is 0.462. The molecular formula is C26H32N4O6. The topological polar surface area (TPSA) is 105 Å². The van der Waals surface area contributed by atoms with Crippen molar-refractivity contribution < 1.29 is 24.0 Å². The van der Waals surface area contributed by atoms with Crippen molar-refractivity contribution >= 4 is 23.2 Å². The normalized spacial score (nSPS) is 17.7. The molecule has 1 unspecified atom stereocenters. The molecule has 4 rings (SSSR count). The molecule has 1 atom stereocenters. The summed E-state index contributed by atoms with van der Waals surface area (Å²) in [5.41, 5.74) is 1.43. The molecule has 2 heterocycles. The molecule has 0 bridgehead atoms. The number of carbonyl (C=O) groups is 2. The van der Waals surface area contributed by atoms with Gasteiger partial charge in [0.15, 0.2) is 0 Å². The number of hydrogen-bond donors (Lipinski definition) is 0. The Morgan fingerprint density at radius 1 is 1.17 bits per heavy atom. The Labute approximate surface area is 210 Å². The number of carbonyl (C=O) groups excluding carboxylic acids is 2. The van der Waals surface area contributed by atoms with E-state index in [2.05, 4.69) is 0 Å². The zero-order chi connectivity index (χ0) is 25.7. The second kappa shape index (κ2) is 11.4. The van der Waals surface area contributed by atoms with Gasteiger partial charge in [-0.1, -0.05) is 18.2 Å². The Morgan fingerprint density at radius 3 is 2.56 bits per heavy atom. The molecule has 0 aliphatic carbocycles. The predicted molar refractivity (Wildman–Crippen MR) is 134 cm³/mol. The summed E-state index contributed by atoms with van der Waals surface area (Å²) < 4.78 is 11.3. The first-order valence-corrected chi connectivity index (χ1v) is 12.2. The zero-order valence-electron chi connectivity index (χ0n) is 20.7. The van der Waals surface area contributed by atoms with E-state index in [4.69, 9.17) is 9.47 Å². The highest BCUT2D eigenvalue weighted by Crippen LogP contribution is 2.31. The number of benzene rings is 2. The van der Waals surface area contributed by atoms with Gasteiger partial charge in [-0.05, 0) is 31.0 Å². The van der Waals surface area contributed by atoms with Crippen molar-refractivity contribution in [2.45, 2.75) is 32.4 Å². The molecule has 2 saturated heterocycles. The number of anilines is 1. The summed E-state index contributed by atoms with van der Waals surface area (Å²) in [6.07, 6.45) is 1.73. The summed E-state index contributed by atoms with van der Waals surface area (Å²) >= 11 is 0. The van der Waals surface area contributed by atoms with Crippen LogP contribution in [0.15, 0.2) is 42.5 Å². The molecule has 0 spiro atoms. The van der Waals surface area contributed by atoms with Crippen LogP contribution in [0.5, 0.6) is 5.75 Å². The van der Waals surface area contributed by atoms with Crippen LogP contribution < -0.4 is 9.64 Å². The van der Waals surface area contributed by atoms with Gasteiger partial charge in [-0.3, -0.25) is 19.7 Å². The molecule has 0 aromatic heterocycles. The van der Waals surface area contributed by atoms with Crippen LogP contribution in [0.2, 0.25) is 0 Å². The largest absolute Gasteiger partial charge is 0.496 e. The molecular weight excluding hydrogens is 464 g/mol. The molecule has 0 saturated carbocycles. The van der Waals surface area contributed by atoms with E-state index in [1.807, 2.05) is 29.2 Å². The van der Waals surface area contributed by atoms with Gasteiger partial charge in [0.05, 0.1) is 18.1 Å². The molecule has 10 nitrogen and oxygen atoms in total. The lowest BCUT2D eigenvalue weighted by Crippen LogP contribution is -2.48. The second-order valence-corrected chi connectivity index (χ2v) is 9.09. The van der Waals surface area contributed by atoms with Crippen LogP contribution in [0.25, 0.3) is 0 Å². The fourth-order valence-corrected chi connectivity index (χ4v) is 4.81. The molecule has 10 heteroatoms. The Bertz CT molecular complexity index is 1110. The molecule has 0 N–H and O–H groups in total. The van der Waals surface area contributed by atoms with E-state index < -0.39 is 4.92 Å². The van der Waals surface area contributed by atoms with Crippen molar-refractivity contribution in [3.05, 3.63) is 63.7 Å². The number of ether oxygens (including phenoxy) is 2. The average molecular weight is 497 g/mol. The molecule has 2 aromatic carbocycles. The molecule has 2 amide bonds. The number of nitrogens with zero attached hydrogens (tertiary/aromatic N) is 4. The minimum absolute atomic E-state index is 0.00789. The minimum Gasteiger partial charge on any atom is -0.496 e. The maximum atomic E-state index is 13.7. The van der Waals surface area contributed by atoms with E-state index in [9.17, 15) is 19.7 Å². The van der Waals surface area contributed by atoms with E-state index in [0.29, 0.717) is 57.3 Å². The second-order valence-electron chi connectivity index (χ2n) is 9.09. The summed E-state index contributed by atoms with van der Waals surface area (Å²) in [5.74, 6) is 0.368. The van der Waals surface area contributed by atoms with Gasteiger partial charge < -0.3 is 24.2 Å². The first kappa shape index (κ1) is 25.4. The quantitative estimate of drug-likeness (QED) is 0.408. The van der Waals surface area contributed by atoms with Crippen LogP contribution in [0, 0.1) is 10.1 Å². The lowest BCUT2D eigenvalue weighted by molar-refractivity contribution is -0.384. The summed E-state index contributed by atoms with van der Waals surface area (Å²) in [6.45, 7) is 4.86. The fourth-order valence-electron chi connectivity index (χ4n) is 4.81. The highest BCUT2D eigenvalue weighted by molar-refractivity contribution is 5.96. The molecule has 0 radical (unpaired) electrons. The van der Waals surface area contributed by atoms with Crippen molar-refractivity contribution in [3.63, 3.8) is 0 Å².